The Morgan fingerprint density at radius 1 is 1.07 bits per heavy atom. The Morgan fingerprint density at radius 3 is 2.46 bits per heavy atom. The minimum Gasteiger partial charge on any atom is -0.465 e. The number of anilines is 2. The predicted molar refractivity (Wildman–Crippen MR) is 109 cm³/mol. The third-order valence-corrected chi connectivity index (χ3v) is 5.38. The highest BCUT2D eigenvalue weighted by molar-refractivity contribution is 7.19. The highest BCUT2D eigenvalue weighted by atomic mass is 32.1. The van der Waals surface area contributed by atoms with Crippen LogP contribution in [0.25, 0.3) is 21.3 Å². The van der Waals surface area contributed by atoms with E-state index in [1.165, 1.54) is 25.6 Å². The number of aromatic nitrogens is 2. The molecule has 0 spiro atoms. The average molecular weight is 393 g/mol. The zero-order valence-electron chi connectivity index (χ0n) is 15.2. The summed E-state index contributed by atoms with van der Waals surface area (Å²) in [7, 11) is 1.35. The molecule has 0 aliphatic carbocycles. The van der Waals surface area contributed by atoms with Crippen LogP contribution < -0.4 is 5.32 Å². The van der Waals surface area contributed by atoms with Crippen molar-refractivity contribution >= 4 is 39.0 Å². The third-order valence-electron chi connectivity index (χ3n) is 4.37. The van der Waals surface area contributed by atoms with Crippen LogP contribution in [-0.2, 0) is 4.74 Å². The van der Waals surface area contributed by atoms with Crippen LogP contribution in [0.2, 0.25) is 0 Å². The van der Waals surface area contributed by atoms with E-state index in [1.807, 2.05) is 6.92 Å². The number of halogens is 1. The van der Waals surface area contributed by atoms with Crippen molar-refractivity contribution in [2.75, 3.05) is 12.4 Å². The number of esters is 1. The SMILES string of the molecule is COC(=O)c1ccc(Nc2ncnc3sc(C)c(-c4ccc(F)cc4)c23)cc1. The quantitative estimate of drug-likeness (QED) is 0.475. The molecule has 0 bridgehead atoms. The molecule has 4 aromatic rings. The maximum absolute atomic E-state index is 13.4. The van der Waals surface area contributed by atoms with Gasteiger partial charge in [-0.3, -0.25) is 0 Å². The van der Waals surface area contributed by atoms with E-state index >= 15 is 0 Å². The van der Waals surface area contributed by atoms with Crippen LogP contribution in [0.1, 0.15) is 15.2 Å². The molecule has 7 heteroatoms. The lowest BCUT2D eigenvalue weighted by atomic mass is 10.0. The van der Waals surface area contributed by atoms with Gasteiger partial charge in [-0.25, -0.2) is 19.2 Å². The molecule has 0 saturated heterocycles. The molecular weight excluding hydrogens is 377 g/mol. The van der Waals surface area contributed by atoms with E-state index in [0.29, 0.717) is 11.4 Å². The number of carbonyl (C=O) groups is 1. The van der Waals surface area contributed by atoms with Crippen LogP contribution in [0.4, 0.5) is 15.9 Å². The Balaban J connectivity index is 1.77. The second kappa shape index (κ2) is 7.36. The summed E-state index contributed by atoms with van der Waals surface area (Å²) in [4.78, 5) is 22.3. The molecule has 4 rings (SSSR count). The maximum Gasteiger partial charge on any atom is 0.337 e. The number of thiophene rings is 1. The second-order valence-corrected chi connectivity index (χ2v) is 7.34. The zero-order valence-corrected chi connectivity index (χ0v) is 16.0. The number of carbonyl (C=O) groups excluding carboxylic acids is 1. The second-order valence-electron chi connectivity index (χ2n) is 6.14. The molecule has 0 fully saturated rings. The summed E-state index contributed by atoms with van der Waals surface area (Å²) < 4.78 is 18.1. The largest absolute Gasteiger partial charge is 0.465 e. The van der Waals surface area contributed by atoms with E-state index in [2.05, 4.69) is 15.3 Å². The molecule has 2 aromatic carbocycles. The molecule has 2 aromatic heterocycles. The standard InChI is InChI=1S/C21H16FN3O2S/c1-12-17(13-3-7-15(22)8-4-13)18-19(23-11-24-20(18)28-12)25-16-9-5-14(6-10-16)21(26)27-2/h3-11H,1-2H3,(H,23,24,25). The van der Waals surface area contributed by atoms with Gasteiger partial charge in [-0.05, 0) is 48.9 Å². The topological polar surface area (TPSA) is 64.1 Å². The molecule has 0 aliphatic heterocycles. The average Bonchev–Trinajstić information content (AvgIpc) is 3.05. The predicted octanol–water partition coefficient (Wildman–Crippen LogP) is 5.34. The Bertz CT molecular complexity index is 1150. The molecular formula is C21H16FN3O2S. The summed E-state index contributed by atoms with van der Waals surface area (Å²) in [5.74, 6) is -0.0104. The number of rotatable bonds is 4. The van der Waals surface area contributed by atoms with Crippen molar-refractivity contribution in [1.29, 1.82) is 0 Å². The van der Waals surface area contributed by atoms with Gasteiger partial charge in [0.05, 0.1) is 18.1 Å². The van der Waals surface area contributed by atoms with E-state index in [0.717, 1.165) is 31.9 Å². The van der Waals surface area contributed by atoms with E-state index < -0.39 is 0 Å². The highest BCUT2D eigenvalue weighted by Crippen LogP contribution is 2.40. The fourth-order valence-corrected chi connectivity index (χ4v) is 4.06. The number of benzene rings is 2. The normalized spacial score (nSPS) is 10.8. The Kier molecular flexibility index (Phi) is 4.75. The fourth-order valence-electron chi connectivity index (χ4n) is 3.05. The van der Waals surface area contributed by atoms with E-state index in [-0.39, 0.29) is 11.8 Å². The summed E-state index contributed by atoms with van der Waals surface area (Å²) in [5.41, 5.74) is 3.14. The molecule has 1 N–H and O–H groups in total. The Labute approximate surface area is 164 Å². The number of hydrogen-bond donors (Lipinski definition) is 1. The molecule has 0 atom stereocenters. The summed E-state index contributed by atoms with van der Waals surface area (Å²) in [6.45, 7) is 2.01. The maximum atomic E-state index is 13.4. The molecule has 0 radical (unpaired) electrons. The Morgan fingerprint density at radius 2 is 1.79 bits per heavy atom. The van der Waals surface area contributed by atoms with Crippen LogP contribution >= 0.6 is 11.3 Å². The van der Waals surface area contributed by atoms with Gasteiger partial charge in [-0.1, -0.05) is 12.1 Å². The summed E-state index contributed by atoms with van der Waals surface area (Å²) in [5, 5.41) is 4.18. The smallest absolute Gasteiger partial charge is 0.337 e. The lowest BCUT2D eigenvalue weighted by Gasteiger charge is -2.09. The number of hydrogen-bond acceptors (Lipinski definition) is 6. The van der Waals surface area contributed by atoms with Crippen LogP contribution in [0.5, 0.6) is 0 Å². The molecule has 0 amide bonds. The van der Waals surface area contributed by atoms with Gasteiger partial charge in [0.15, 0.2) is 0 Å². The molecule has 0 saturated carbocycles. The van der Waals surface area contributed by atoms with Gasteiger partial charge in [0.25, 0.3) is 0 Å². The van der Waals surface area contributed by atoms with Crippen molar-refractivity contribution in [2.45, 2.75) is 6.92 Å². The van der Waals surface area contributed by atoms with Crippen molar-refractivity contribution in [3.8, 4) is 11.1 Å². The van der Waals surface area contributed by atoms with Crippen molar-refractivity contribution in [1.82, 2.24) is 9.97 Å². The van der Waals surface area contributed by atoms with Crippen molar-refractivity contribution < 1.29 is 13.9 Å². The lowest BCUT2D eigenvalue weighted by Crippen LogP contribution is -2.01. The summed E-state index contributed by atoms with van der Waals surface area (Å²) in [6, 6.07) is 13.4. The number of nitrogens with one attached hydrogen (secondary N) is 1. The molecule has 0 aliphatic rings. The highest BCUT2D eigenvalue weighted by Gasteiger charge is 2.17. The number of fused-ring (bicyclic) bond motifs is 1. The van der Waals surface area contributed by atoms with Gasteiger partial charge < -0.3 is 10.1 Å². The first kappa shape index (κ1) is 18.1. The van der Waals surface area contributed by atoms with Gasteiger partial charge in [0, 0.05) is 16.1 Å². The van der Waals surface area contributed by atoms with Crippen LogP contribution in [-0.4, -0.2) is 23.0 Å². The van der Waals surface area contributed by atoms with Gasteiger partial charge >= 0.3 is 5.97 Å². The zero-order chi connectivity index (χ0) is 19.7. The number of methoxy groups -OCH3 is 1. The first-order valence-corrected chi connectivity index (χ1v) is 9.34. The van der Waals surface area contributed by atoms with E-state index in [9.17, 15) is 9.18 Å². The fraction of sp³-hybridized carbons (Fsp3) is 0.0952. The molecule has 0 unspecified atom stereocenters. The van der Waals surface area contributed by atoms with Crippen LogP contribution in [0.15, 0.2) is 54.9 Å². The first-order chi connectivity index (χ1) is 13.6. The van der Waals surface area contributed by atoms with Crippen molar-refractivity contribution in [3.63, 3.8) is 0 Å². The van der Waals surface area contributed by atoms with Crippen LogP contribution in [0, 0.1) is 12.7 Å². The number of nitrogens with zero attached hydrogens (tertiary/aromatic N) is 2. The third kappa shape index (κ3) is 3.32. The van der Waals surface area contributed by atoms with E-state index in [4.69, 9.17) is 4.74 Å². The minimum atomic E-state index is -0.386. The molecule has 28 heavy (non-hydrogen) atoms. The summed E-state index contributed by atoms with van der Waals surface area (Å²) >= 11 is 1.57. The van der Waals surface area contributed by atoms with E-state index in [1.54, 1.807) is 47.7 Å². The van der Waals surface area contributed by atoms with Gasteiger partial charge in [-0.15, -0.1) is 11.3 Å². The van der Waals surface area contributed by atoms with Gasteiger partial charge in [-0.2, -0.15) is 0 Å². The lowest BCUT2D eigenvalue weighted by molar-refractivity contribution is 0.0601. The van der Waals surface area contributed by atoms with Crippen molar-refractivity contribution in [3.05, 3.63) is 71.1 Å². The minimum absolute atomic E-state index is 0.277. The number of ether oxygens (including phenoxy) is 1. The van der Waals surface area contributed by atoms with Crippen LogP contribution in [0.3, 0.4) is 0 Å². The van der Waals surface area contributed by atoms with Gasteiger partial charge in [0.1, 0.15) is 22.8 Å². The first-order valence-electron chi connectivity index (χ1n) is 8.52. The molecule has 2 heterocycles. The van der Waals surface area contributed by atoms with Crippen molar-refractivity contribution in [2.24, 2.45) is 0 Å². The Hall–Kier alpha value is -3.32. The summed E-state index contributed by atoms with van der Waals surface area (Å²) in [6.07, 6.45) is 1.51. The van der Waals surface area contributed by atoms with Gasteiger partial charge in [0.2, 0.25) is 0 Å². The molecule has 140 valence electrons. The molecule has 5 nitrogen and oxygen atoms in total. The number of aryl methyl sites for hydroxylation is 1. The monoisotopic (exact) mass is 393 g/mol.